The highest BCUT2D eigenvalue weighted by Crippen LogP contribution is 2.31. The van der Waals surface area contributed by atoms with Crippen LogP contribution in [0.25, 0.3) is 0 Å². The second-order valence-electron chi connectivity index (χ2n) is 5.91. The van der Waals surface area contributed by atoms with Crippen LogP contribution in [0.4, 0.5) is 10.1 Å². The second kappa shape index (κ2) is 6.04. The van der Waals surface area contributed by atoms with Crippen LogP contribution < -0.4 is 15.5 Å². The van der Waals surface area contributed by atoms with Gasteiger partial charge in [-0.2, -0.15) is 0 Å². The van der Waals surface area contributed by atoms with Gasteiger partial charge in [0.2, 0.25) is 5.91 Å². The van der Waals surface area contributed by atoms with Crippen LogP contribution in [0.1, 0.15) is 23.5 Å². The fourth-order valence-electron chi connectivity index (χ4n) is 3.16. The standard InChI is InChI=1S/C16H20FN3O2/c1-10-6-12(13-7-11(21)9-19-16(13)22)14(17)8-15(10)20-4-2-18-3-5-20/h6,8,13,18H,2-5,7,9H2,1H3,(H,19,22). The average molecular weight is 305 g/mol. The molecule has 118 valence electrons. The topological polar surface area (TPSA) is 61.4 Å². The molecule has 0 spiro atoms. The van der Waals surface area contributed by atoms with Crippen molar-refractivity contribution in [2.75, 3.05) is 37.6 Å². The zero-order valence-corrected chi connectivity index (χ0v) is 12.6. The first-order chi connectivity index (χ1) is 10.6. The Bertz CT molecular complexity index is 612. The number of ketones is 1. The van der Waals surface area contributed by atoms with Gasteiger partial charge in [0.25, 0.3) is 0 Å². The molecule has 1 aromatic rings. The molecule has 1 atom stereocenters. The van der Waals surface area contributed by atoms with Crippen molar-refractivity contribution in [2.45, 2.75) is 19.3 Å². The van der Waals surface area contributed by atoms with Crippen molar-refractivity contribution in [1.29, 1.82) is 0 Å². The molecule has 2 aliphatic heterocycles. The molecule has 0 saturated carbocycles. The smallest absolute Gasteiger partial charge is 0.228 e. The summed E-state index contributed by atoms with van der Waals surface area (Å²) in [5.74, 6) is -1.45. The number of Topliss-reactive ketones (excluding diaryl/α,β-unsaturated/α-hetero) is 1. The van der Waals surface area contributed by atoms with E-state index in [0.29, 0.717) is 5.56 Å². The largest absolute Gasteiger partial charge is 0.369 e. The van der Waals surface area contributed by atoms with Gasteiger partial charge in [-0.15, -0.1) is 0 Å². The van der Waals surface area contributed by atoms with Gasteiger partial charge < -0.3 is 15.5 Å². The van der Waals surface area contributed by atoms with Gasteiger partial charge in [-0.1, -0.05) is 6.07 Å². The third-order valence-electron chi connectivity index (χ3n) is 4.36. The van der Waals surface area contributed by atoms with Gasteiger partial charge in [0.05, 0.1) is 12.5 Å². The number of halogens is 1. The lowest BCUT2D eigenvalue weighted by Gasteiger charge is -2.31. The number of piperazine rings is 1. The molecule has 0 aromatic heterocycles. The summed E-state index contributed by atoms with van der Waals surface area (Å²) in [7, 11) is 0. The minimum Gasteiger partial charge on any atom is -0.369 e. The molecule has 2 saturated heterocycles. The molecule has 2 fully saturated rings. The Morgan fingerprint density at radius 2 is 1.95 bits per heavy atom. The average Bonchev–Trinajstić information content (AvgIpc) is 2.52. The van der Waals surface area contributed by atoms with E-state index in [9.17, 15) is 14.0 Å². The fraction of sp³-hybridized carbons (Fsp3) is 0.500. The van der Waals surface area contributed by atoms with Crippen molar-refractivity contribution in [1.82, 2.24) is 10.6 Å². The maximum atomic E-state index is 14.5. The predicted molar refractivity (Wildman–Crippen MR) is 81.6 cm³/mol. The van der Waals surface area contributed by atoms with Crippen molar-refractivity contribution in [3.05, 3.63) is 29.1 Å². The minimum atomic E-state index is -0.711. The Morgan fingerprint density at radius 1 is 1.23 bits per heavy atom. The molecule has 1 aromatic carbocycles. The van der Waals surface area contributed by atoms with E-state index in [1.54, 1.807) is 6.07 Å². The molecule has 2 N–H and O–H groups in total. The number of nitrogens with zero attached hydrogens (tertiary/aromatic N) is 1. The monoisotopic (exact) mass is 305 g/mol. The predicted octanol–water partition coefficient (Wildman–Crippen LogP) is 0.716. The van der Waals surface area contributed by atoms with E-state index in [4.69, 9.17) is 0 Å². The number of piperidine rings is 1. The van der Waals surface area contributed by atoms with Crippen LogP contribution >= 0.6 is 0 Å². The highest BCUT2D eigenvalue weighted by molar-refractivity contribution is 5.97. The third kappa shape index (κ3) is 2.83. The molecular formula is C16H20FN3O2. The second-order valence-corrected chi connectivity index (χ2v) is 5.91. The maximum absolute atomic E-state index is 14.5. The summed E-state index contributed by atoms with van der Waals surface area (Å²) in [6.45, 7) is 5.40. The number of carbonyl (C=O) groups excluding carboxylic acids is 2. The molecule has 6 heteroatoms. The van der Waals surface area contributed by atoms with Crippen LogP contribution in [0.15, 0.2) is 12.1 Å². The number of anilines is 1. The number of carbonyl (C=O) groups is 2. The molecule has 0 radical (unpaired) electrons. The van der Waals surface area contributed by atoms with Gasteiger partial charge >= 0.3 is 0 Å². The lowest BCUT2D eigenvalue weighted by atomic mass is 9.88. The number of benzene rings is 1. The zero-order chi connectivity index (χ0) is 15.7. The zero-order valence-electron chi connectivity index (χ0n) is 12.6. The van der Waals surface area contributed by atoms with Crippen LogP contribution in [0, 0.1) is 12.7 Å². The van der Waals surface area contributed by atoms with Crippen molar-refractivity contribution in [3.8, 4) is 0 Å². The quantitative estimate of drug-likeness (QED) is 0.845. The highest BCUT2D eigenvalue weighted by Gasteiger charge is 2.31. The highest BCUT2D eigenvalue weighted by atomic mass is 19.1. The lowest BCUT2D eigenvalue weighted by molar-refractivity contribution is -0.131. The summed E-state index contributed by atoms with van der Waals surface area (Å²) < 4.78 is 14.5. The SMILES string of the molecule is Cc1cc(C2CC(=O)CNC2=O)c(F)cc1N1CCNCC1. The Balaban J connectivity index is 1.91. The van der Waals surface area contributed by atoms with Crippen molar-refractivity contribution < 1.29 is 14.0 Å². The van der Waals surface area contributed by atoms with Gasteiger partial charge in [0.1, 0.15) is 5.82 Å². The Hall–Kier alpha value is -1.95. The van der Waals surface area contributed by atoms with E-state index in [-0.39, 0.29) is 24.7 Å². The van der Waals surface area contributed by atoms with Gasteiger partial charge in [0.15, 0.2) is 5.78 Å². The van der Waals surface area contributed by atoms with Crippen molar-refractivity contribution in [2.24, 2.45) is 0 Å². The summed E-state index contributed by atoms with van der Waals surface area (Å²) in [4.78, 5) is 25.6. The van der Waals surface area contributed by atoms with Crippen LogP contribution in [-0.4, -0.2) is 44.4 Å². The molecule has 0 bridgehead atoms. The Morgan fingerprint density at radius 3 is 2.68 bits per heavy atom. The summed E-state index contributed by atoms with van der Waals surface area (Å²) in [6.07, 6.45) is 0.0785. The molecule has 3 rings (SSSR count). The summed E-state index contributed by atoms with van der Waals surface area (Å²) >= 11 is 0. The van der Waals surface area contributed by atoms with E-state index < -0.39 is 11.7 Å². The number of amides is 1. The normalized spacial score (nSPS) is 22.6. The first-order valence-corrected chi connectivity index (χ1v) is 7.61. The number of aryl methyl sites for hydroxylation is 1. The van der Waals surface area contributed by atoms with E-state index in [1.165, 1.54) is 6.07 Å². The molecule has 2 heterocycles. The van der Waals surface area contributed by atoms with Crippen LogP contribution in [0.2, 0.25) is 0 Å². The number of nitrogens with one attached hydrogen (secondary N) is 2. The first kappa shape index (κ1) is 15.0. The van der Waals surface area contributed by atoms with E-state index in [2.05, 4.69) is 15.5 Å². The summed E-state index contributed by atoms with van der Waals surface area (Å²) in [5.41, 5.74) is 2.12. The van der Waals surface area contributed by atoms with Gasteiger partial charge in [0, 0.05) is 43.9 Å². The van der Waals surface area contributed by atoms with Crippen LogP contribution in [0.3, 0.4) is 0 Å². The Labute approximate surface area is 128 Å². The molecular weight excluding hydrogens is 285 g/mol. The first-order valence-electron chi connectivity index (χ1n) is 7.61. The molecule has 5 nitrogen and oxygen atoms in total. The Kier molecular flexibility index (Phi) is 4.11. The minimum absolute atomic E-state index is 0.0504. The van der Waals surface area contributed by atoms with Gasteiger partial charge in [-0.25, -0.2) is 4.39 Å². The molecule has 22 heavy (non-hydrogen) atoms. The van der Waals surface area contributed by atoms with Gasteiger partial charge in [-0.05, 0) is 18.6 Å². The molecule has 2 aliphatic rings. The van der Waals surface area contributed by atoms with E-state index in [0.717, 1.165) is 37.4 Å². The third-order valence-corrected chi connectivity index (χ3v) is 4.36. The van der Waals surface area contributed by atoms with Crippen LogP contribution in [-0.2, 0) is 9.59 Å². The fourth-order valence-corrected chi connectivity index (χ4v) is 3.16. The molecule has 0 aliphatic carbocycles. The lowest BCUT2D eigenvalue weighted by Crippen LogP contribution is -2.44. The molecule has 1 unspecified atom stereocenters. The summed E-state index contributed by atoms with van der Waals surface area (Å²) in [5, 5.41) is 5.80. The number of hydrogen-bond acceptors (Lipinski definition) is 4. The number of hydrogen-bond donors (Lipinski definition) is 2. The van der Waals surface area contributed by atoms with Crippen molar-refractivity contribution in [3.63, 3.8) is 0 Å². The van der Waals surface area contributed by atoms with Gasteiger partial charge in [-0.3, -0.25) is 9.59 Å². The maximum Gasteiger partial charge on any atom is 0.228 e. The molecule has 1 amide bonds. The summed E-state index contributed by atoms with van der Waals surface area (Å²) in [6, 6.07) is 3.22. The van der Waals surface area contributed by atoms with Crippen molar-refractivity contribution >= 4 is 17.4 Å². The van der Waals surface area contributed by atoms with E-state index >= 15 is 0 Å². The van der Waals surface area contributed by atoms with E-state index in [1.807, 2.05) is 6.92 Å². The number of rotatable bonds is 2. The van der Waals surface area contributed by atoms with Crippen LogP contribution in [0.5, 0.6) is 0 Å².